The Kier molecular flexibility index (Phi) is 6.55. The van der Waals surface area contributed by atoms with E-state index in [1.807, 2.05) is 35.2 Å². The summed E-state index contributed by atoms with van der Waals surface area (Å²) in [6, 6.07) is 15.7. The Labute approximate surface area is 204 Å². The molecule has 1 fully saturated rings. The summed E-state index contributed by atoms with van der Waals surface area (Å²) < 4.78 is 33.9. The molecule has 5 rings (SSSR count). The Morgan fingerprint density at radius 1 is 1.06 bits per heavy atom. The maximum Gasteiger partial charge on any atom is 0.387 e. The van der Waals surface area contributed by atoms with E-state index in [-0.39, 0.29) is 36.0 Å². The fourth-order valence-electron chi connectivity index (χ4n) is 4.67. The summed E-state index contributed by atoms with van der Waals surface area (Å²) in [6.07, 6.45) is 1.70. The van der Waals surface area contributed by atoms with E-state index in [4.69, 9.17) is 15.5 Å². The zero-order valence-corrected chi connectivity index (χ0v) is 19.4. The normalized spacial score (nSPS) is 16.1. The van der Waals surface area contributed by atoms with Crippen molar-refractivity contribution in [3.05, 3.63) is 86.6 Å². The monoisotopic (exact) mass is 496 g/mol. The quantitative estimate of drug-likeness (QED) is 0.407. The van der Waals surface area contributed by atoms with E-state index in [0.29, 0.717) is 24.6 Å². The van der Waals surface area contributed by atoms with Gasteiger partial charge in [0.1, 0.15) is 5.75 Å². The number of nitrogens with one attached hydrogen (secondary N) is 1. The van der Waals surface area contributed by atoms with Gasteiger partial charge in [-0.1, -0.05) is 48.5 Å². The van der Waals surface area contributed by atoms with Crippen LogP contribution in [-0.4, -0.2) is 44.8 Å². The average molecular weight is 497 g/mol. The number of imidazole rings is 1. The number of hydrogen-bond donors (Lipinski definition) is 2. The van der Waals surface area contributed by atoms with Gasteiger partial charge in [0.05, 0.1) is 13.1 Å². The highest BCUT2D eigenvalue weighted by atomic mass is 19.3. The molecule has 1 saturated heterocycles. The van der Waals surface area contributed by atoms with Gasteiger partial charge in [0.25, 0.3) is 5.56 Å². The van der Waals surface area contributed by atoms with Crippen molar-refractivity contribution in [2.24, 2.45) is 5.73 Å². The van der Waals surface area contributed by atoms with E-state index >= 15 is 0 Å². The fourth-order valence-corrected chi connectivity index (χ4v) is 4.67. The average Bonchev–Trinajstić information content (AvgIpc) is 3.23. The molecule has 11 heteroatoms. The predicted molar refractivity (Wildman–Crippen MR) is 132 cm³/mol. The number of rotatable bonds is 7. The van der Waals surface area contributed by atoms with Crippen LogP contribution in [0.4, 0.5) is 14.7 Å². The molecule has 0 bridgehead atoms. The summed E-state index contributed by atoms with van der Waals surface area (Å²) in [5, 5.41) is 0. The zero-order valence-electron chi connectivity index (χ0n) is 19.4. The number of H-pyrrole nitrogens is 1. The fraction of sp³-hybridized carbons (Fsp3) is 0.320. The second-order valence-corrected chi connectivity index (χ2v) is 8.84. The van der Waals surface area contributed by atoms with Gasteiger partial charge < -0.3 is 15.4 Å². The number of benzene rings is 2. The number of alkyl halides is 2. The first-order valence-electron chi connectivity index (χ1n) is 11.7. The Balaban J connectivity index is 1.70. The number of aromatic nitrogens is 4. The van der Waals surface area contributed by atoms with E-state index in [1.165, 1.54) is 10.6 Å². The van der Waals surface area contributed by atoms with Crippen molar-refractivity contribution in [3.8, 4) is 5.75 Å². The Hall–Kier alpha value is -3.99. The molecule has 2 aromatic carbocycles. The molecular formula is C25H26F2N6O3. The van der Waals surface area contributed by atoms with Crippen molar-refractivity contribution in [1.82, 2.24) is 19.1 Å². The topological polar surface area (TPSA) is 111 Å². The summed E-state index contributed by atoms with van der Waals surface area (Å²) in [5.74, 6) is 0.453. The summed E-state index contributed by atoms with van der Waals surface area (Å²) in [6.45, 7) is -1.59. The molecule has 0 saturated carbocycles. The first kappa shape index (κ1) is 23.7. The maximum absolute atomic E-state index is 13.1. The number of anilines is 1. The lowest BCUT2D eigenvalue weighted by Gasteiger charge is -2.32. The lowest BCUT2D eigenvalue weighted by molar-refractivity contribution is -0.0504. The molecule has 0 amide bonds. The molecule has 2 aromatic heterocycles. The number of piperidine rings is 1. The molecule has 3 heterocycles. The standard InChI is InChI=1S/C25H26F2N6O3/c26-23(27)36-19-11-5-4-9-17(19)14-32-20-21(29-24(32)31-12-6-10-18(28)15-31)33(25(35)30-22(20)34)13-16-7-2-1-3-8-16/h1-5,7-9,11,18,23H,6,10,12-15,28H2,(H,30,34,35). The molecule has 188 valence electrons. The third-order valence-corrected chi connectivity index (χ3v) is 6.31. The SMILES string of the molecule is NC1CCCN(c2nc3c(c(=O)[nH]c(=O)n3Cc3ccccc3)n2Cc2ccccc2OC(F)F)C1. The van der Waals surface area contributed by atoms with Crippen molar-refractivity contribution in [2.45, 2.75) is 38.6 Å². The third-order valence-electron chi connectivity index (χ3n) is 6.31. The van der Waals surface area contributed by atoms with Gasteiger partial charge in [-0.3, -0.25) is 18.9 Å². The van der Waals surface area contributed by atoms with Crippen molar-refractivity contribution in [1.29, 1.82) is 0 Å². The Bertz CT molecular complexity index is 1480. The number of fused-ring (bicyclic) bond motifs is 1. The third kappa shape index (κ3) is 4.74. The minimum absolute atomic E-state index is 0.00433. The molecule has 1 aliphatic heterocycles. The van der Waals surface area contributed by atoms with E-state index in [9.17, 15) is 18.4 Å². The number of halogens is 2. The number of para-hydroxylation sites is 1. The molecule has 1 atom stereocenters. The smallest absolute Gasteiger partial charge is 0.387 e. The van der Waals surface area contributed by atoms with Crippen LogP contribution in [0, 0.1) is 0 Å². The van der Waals surface area contributed by atoms with Gasteiger partial charge in [-0.25, -0.2) is 4.79 Å². The van der Waals surface area contributed by atoms with E-state index < -0.39 is 17.9 Å². The van der Waals surface area contributed by atoms with Gasteiger partial charge in [0, 0.05) is 24.7 Å². The summed E-state index contributed by atoms with van der Waals surface area (Å²) in [5.41, 5.74) is 6.73. The molecule has 1 unspecified atom stereocenters. The van der Waals surface area contributed by atoms with Gasteiger partial charge >= 0.3 is 12.3 Å². The molecule has 9 nitrogen and oxygen atoms in total. The summed E-state index contributed by atoms with van der Waals surface area (Å²) in [7, 11) is 0. The van der Waals surface area contributed by atoms with Crippen LogP contribution in [0.15, 0.2) is 64.2 Å². The molecule has 36 heavy (non-hydrogen) atoms. The van der Waals surface area contributed by atoms with Crippen LogP contribution in [0.25, 0.3) is 11.2 Å². The number of ether oxygens (including phenoxy) is 1. The van der Waals surface area contributed by atoms with Gasteiger partial charge in [0.15, 0.2) is 11.2 Å². The van der Waals surface area contributed by atoms with Crippen molar-refractivity contribution >= 4 is 17.1 Å². The lowest BCUT2D eigenvalue weighted by atomic mass is 10.1. The number of nitrogens with zero attached hydrogens (tertiary/aromatic N) is 4. The van der Waals surface area contributed by atoms with Gasteiger partial charge in [-0.2, -0.15) is 13.8 Å². The molecule has 3 N–H and O–H groups in total. The van der Waals surface area contributed by atoms with Crippen LogP contribution < -0.4 is 26.6 Å². The summed E-state index contributed by atoms with van der Waals surface area (Å²) >= 11 is 0. The second kappa shape index (κ2) is 9.94. The number of hydrogen-bond acceptors (Lipinski definition) is 6. The molecule has 0 radical (unpaired) electrons. The summed E-state index contributed by atoms with van der Waals surface area (Å²) in [4.78, 5) is 35.1. The second-order valence-electron chi connectivity index (χ2n) is 8.84. The van der Waals surface area contributed by atoms with E-state index in [0.717, 1.165) is 18.4 Å². The van der Waals surface area contributed by atoms with Gasteiger partial charge in [-0.05, 0) is 24.5 Å². The van der Waals surface area contributed by atoms with Crippen LogP contribution in [0.3, 0.4) is 0 Å². The van der Waals surface area contributed by atoms with Crippen molar-refractivity contribution in [2.75, 3.05) is 18.0 Å². The van der Waals surface area contributed by atoms with Crippen LogP contribution in [-0.2, 0) is 13.1 Å². The number of aromatic amines is 1. The largest absolute Gasteiger partial charge is 0.434 e. The minimum Gasteiger partial charge on any atom is -0.434 e. The van der Waals surface area contributed by atoms with Crippen LogP contribution >= 0.6 is 0 Å². The highest BCUT2D eigenvalue weighted by Crippen LogP contribution is 2.28. The molecule has 4 aromatic rings. The lowest BCUT2D eigenvalue weighted by Crippen LogP contribution is -2.44. The molecule has 0 aliphatic carbocycles. The van der Waals surface area contributed by atoms with Gasteiger partial charge in [0.2, 0.25) is 5.95 Å². The first-order chi connectivity index (χ1) is 17.4. The highest BCUT2D eigenvalue weighted by molar-refractivity contribution is 5.75. The minimum atomic E-state index is -3.00. The highest BCUT2D eigenvalue weighted by Gasteiger charge is 2.26. The van der Waals surface area contributed by atoms with E-state index in [2.05, 4.69) is 4.98 Å². The zero-order chi connectivity index (χ0) is 25.2. The van der Waals surface area contributed by atoms with E-state index in [1.54, 1.807) is 22.8 Å². The maximum atomic E-state index is 13.1. The predicted octanol–water partition coefficient (Wildman–Crippen LogP) is 2.51. The van der Waals surface area contributed by atoms with Crippen molar-refractivity contribution < 1.29 is 13.5 Å². The molecule has 1 aliphatic rings. The Morgan fingerprint density at radius 3 is 2.56 bits per heavy atom. The van der Waals surface area contributed by atoms with Crippen LogP contribution in [0.2, 0.25) is 0 Å². The van der Waals surface area contributed by atoms with Gasteiger partial charge in [-0.15, -0.1) is 0 Å². The van der Waals surface area contributed by atoms with Crippen LogP contribution in [0.1, 0.15) is 24.0 Å². The van der Waals surface area contributed by atoms with Crippen LogP contribution in [0.5, 0.6) is 5.75 Å². The Morgan fingerprint density at radius 2 is 1.81 bits per heavy atom. The number of nitrogens with two attached hydrogens (primary N) is 1. The molecule has 0 spiro atoms. The van der Waals surface area contributed by atoms with Crippen molar-refractivity contribution in [3.63, 3.8) is 0 Å². The first-order valence-corrected chi connectivity index (χ1v) is 11.7. The molecular weight excluding hydrogens is 470 g/mol.